The molecule has 35 heavy (non-hydrogen) atoms. The van der Waals surface area contributed by atoms with Crippen LogP contribution in [0.3, 0.4) is 0 Å². The topological polar surface area (TPSA) is 85.6 Å². The first-order valence-corrected chi connectivity index (χ1v) is 13.4. The van der Waals surface area contributed by atoms with Gasteiger partial charge in [-0.3, -0.25) is 14.2 Å². The molecule has 0 unspecified atom stereocenters. The normalized spacial score (nSPS) is 13.2. The molecule has 7 nitrogen and oxygen atoms in total. The SMILES string of the molecule is COc1c(Br)cc(/C=N\NC(=O)c2ccc(-n3cnc4sc5c(c4c3=O)CCCC5)cc2)cc1Br. The molecule has 0 saturated carbocycles. The van der Waals surface area contributed by atoms with Crippen molar-refractivity contribution in [1.82, 2.24) is 15.0 Å². The Morgan fingerprint density at radius 2 is 1.89 bits per heavy atom. The number of aromatic nitrogens is 2. The molecule has 10 heteroatoms. The van der Waals surface area contributed by atoms with Crippen molar-refractivity contribution in [2.45, 2.75) is 25.7 Å². The van der Waals surface area contributed by atoms with Crippen LogP contribution in [-0.2, 0) is 12.8 Å². The molecule has 2 aromatic heterocycles. The molecule has 178 valence electrons. The molecule has 2 aromatic carbocycles. The van der Waals surface area contributed by atoms with Crippen molar-refractivity contribution in [3.63, 3.8) is 0 Å². The van der Waals surface area contributed by atoms with Crippen LogP contribution in [0.4, 0.5) is 0 Å². The van der Waals surface area contributed by atoms with E-state index < -0.39 is 0 Å². The summed E-state index contributed by atoms with van der Waals surface area (Å²) in [5.74, 6) is 0.325. The van der Waals surface area contributed by atoms with E-state index >= 15 is 0 Å². The van der Waals surface area contributed by atoms with E-state index in [1.807, 2.05) is 12.1 Å². The lowest BCUT2D eigenvalue weighted by molar-refractivity contribution is 0.0955. The fourth-order valence-corrected chi connectivity index (χ4v) is 6.95. The van der Waals surface area contributed by atoms with Gasteiger partial charge in [0.25, 0.3) is 11.5 Å². The Labute approximate surface area is 222 Å². The Balaban J connectivity index is 1.33. The van der Waals surface area contributed by atoms with Crippen LogP contribution in [0.2, 0.25) is 0 Å². The molecular formula is C25H20Br2N4O3S. The van der Waals surface area contributed by atoms with Gasteiger partial charge in [0.2, 0.25) is 0 Å². The standard InChI is InChI=1S/C25H20Br2N4O3S/c1-34-22-18(26)10-14(11-19(22)27)12-29-30-23(32)15-6-8-16(9-7-15)31-13-28-24-21(25(31)33)17-4-2-3-5-20(17)35-24/h6-13H,2-5H2,1H3,(H,30,32)/b29-12-. The summed E-state index contributed by atoms with van der Waals surface area (Å²) in [4.78, 5) is 32.4. The molecule has 0 spiro atoms. The zero-order chi connectivity index (χ0) is 24.5. The molecule has 1 N–H and O–H groups in total. The minimum atomic E-state index is -0.354. The summed E-state index contributed by atoms with van der Waals surface area (Å²) >= 11 is 8.52. The van der Waals surface area contributed by atoms with Gasteiger partial charge in [-0.25, -0.2) is 10.4 Å². The lowest BCUT2D eigenvalue weighted by Gasteiger charge is -2.10. The average Bonchev–Trinajstić information content (AvgIpc) is 3.24. The number of fused-ring (bicyclic) bond motifs is 3. The molecule has 2 heterocycles. The minimum absolute atomic E-state index is 0.0620. The Kier molecular flexibility index (Phi) is 6.86. The van der Waals surface area contributed by atoms with E-state index in [0.29, 0.717) is 17.0 Å². The number of nitrogens with one attached hydrogen (secondary N) is 1. The van der Waals surface area contributed by atoms with Gasteiger partial charge < -0.3 is 4.74 Å². The van der Waals surface area contributed by atoms with Crippen molar-refractivity contribution in [3.8, 4) is 11.4 Å². The first-order valence-electron chi connectivity index (χ1n) is 10.9. The van der Waals surface area contributed by atoms with Crippen LogP contribution < -0.4 is 15.7 Å². The largest absolute Gasteiger partial charge is 0.494 e. The third-order valence-corrected chi connectivity index (χ3v) is 8.27. The van der Waals surface area contributed by atoms with E-state index in [1.54, 1.807) is 59.8 Å². The summed E-state index contributed by atoms with van der Waals surface area (Å²) in [6.45, 7) is 0. The number of methoxy groups -OCH3 is 1. The number of hydrazone groups is 1. The van der Waals surface area contributed by atoms with Gasteiger partial charge in [0.1, 0.15) is 16.9 Å². The minimum Gasteiger partial charge on any atom is -0.494 e. The Morgan fingerprint density at radius 1 is 1.17 bits per heavy atom. The molecule has 0 atom stereocenters. The van der Waals surface area contributed by atoms with Crippen molar-refractivity contribution in [3.05, 3.63) is 83.6 Å². The van der Waals surface area contributed by atoms with Gasteiger partial charge in [-0.1, -0.05) is 0 Å². The van der Waals surface area contributed by atoms with Gasteiger partial charge in [-0.05, 0) is 105 Å². The van der Waals surface area contributed by atoms with Crippen molar-refractivity contribution < 1.29 is 9.53 Å². The number of aryl methyl sites for hydroxylation is 2. The number of ether oxygens (including phenoxy) is 1. The molecule has 0 radical (unpaired) electrons. The van der Waals surface area contributed by atoms with Gasteiger partial charge in [-0.2, -0.15) is 5.10 Å². The predicted octanol–water partition coefficient (Wildman–Crippen LogP) is 5.62. The average molecular weight is 616 g/mol. The number of carbonyl (C=O) groups is 1. The Hall–Kier alpha value is -2.82. The smallest absolute Gasteiger partial charge is 0.271 e. The van der Waals surface area contributed by atoms with E-state index in [-0.39, 0.29) is 11.5 Å². The molecule has 0 saturated heterocycles. The maximum absolute atomic E-state index is 13.3. The summed E-state index contributed by atoms with van der Waals surface area (Å²) in [7, 11) is 1.59. The number of nitrogens with zero attached hydrogens (tertiary/aromatic N) is 3. The summed E-state index contributed by atoms with van der Waals surface area (Å²) in [6.07, 6.45) is 7.33. The number of rotatable bonds is 5. The third-order valence-electron chi connectivity index (χ3n) is 5.89. The fourth-order valence-electron chi connectivity index (χ4n) is 4.18. The molecule has 1 aliphatic carbocycles. The second kappa shape index (κ2) is 10.0. The molecule has 5 rings (SSSR count). The van der Waals surface area contributed by atoms with Gasteiger partial charge in [0.15, 0.2) is 0 Å². The van der Waals surface area contributed by atoms with Crippen LogP contribution in [-0.4, -0.2) is 28.8 Å². The summed E-state index contributed by atoms with van der Waals surface area (Å²) in [5, 5.41) is 4.78. The lowest BCUT2D eigenvalue weighted by atomic mass is 9.97. The van der Waals surface area contributed by atoms with Gasteiger partial charge >= 0.3 is 0 Å². The quantitative estimate of drug-likeness (QED) is 0.233. The highest BCUT2D eigenvalue weighted by Gasteiger charge is 2.20. The van der Waals surface area contributed by atoms with Crippen molar-refractivity contribution in [2.24, 2.45) is 5.10 Å². The second-order valence-electron chi connectivity index (χ2n) is 8.07. The lowest BCUT2D eigenvalue weighted by Crippen LogP contribution is -2.20. The number of hydrogen-bond donors (Lipinski definition) is 1. The second-order valence-corrected chi connectivity index (χ2v) is 10.9. The predicted molar refractivity (Wildman–Crippen MR) is 145 cm³/mol. The van der Waals surface area contributed by atoms with E-state index in [4.69, 9.17) is 4.74 Å². The van der Waals surface area contributed by atoms with Crippen LogP contribution in [0.1, 0.15) is 39.2 Å². The summed E-state index contributed by atoms with van der Waals surface area (Å²) in [5.41, 5.74) is 5.49. The van der Waals surface area contributed by atoms with Crippen LogP contribution in [0.5, 0.6) is 5.75 Å². The highest BCUT2D eigenvalue weighted by Crippen LogP contribution is 2.34. The van der Waals surface area contributed by atoms with Crippen LogP contribution in [0, 0.1) is 0 Å². The molecular weight excluding hydrogens is 596 g/mol. The number of hydrogen-bond acceptors (Lipinski definition) is 6. The molecule has 0 fully saturated rings. The van der Waals surface area contributed by atoms with E-state index in [1.165, 1.54) is 4.88 Å². The van der Waals surface area contributed by atoms with Crippen LogP contribution in [0.25, 0.3) is 15.9 Å². The highest BCUT2D eigenvalue weighted by atomic mass is 79.9. The molecule has 1 aliphatic rings. The van der Waals surface area contributed by atoms with Crippen LogP contribution in [0.15, 0.2) is 61.6 Å². The molecule has 4 aromatic rings. The Morgan fingerprint density at radius 3 is 2.60 bits per heavy atom. The number of carbonyl (C=O) groups excluding carboxylic acids is 1. The molecule has 0 bridgehead atoms. The van der Waals surface area contributed by atoms with Gasteiger partial charge in [0, 0.05) is 10.4 Å². The number of benzene rings is 2. The van der Waals surface area contributed by atoms with Crippen molar-refractivity contribution in [2.75, 3.05) is 7.11 Å². The first kappa shape index (κ1) is 23.9. The van der Waals surface area contributed by atoms with Crippen LogP contribution >= 0.6 is 43.2 Å². The van der Waals surface area contributed by atoms with E-state index in [9.17, 15) is 9.59 Å². The fraction of sp³-hybridized carbons (Fsp3) is 0.200. The maximum atomic E-state index is 13.3. The summed E-state index contributed by atoms with van der Waals surface area (Å²) < 4.78 is 8.37. The summed E-state index contributed by atoms with van der Waals surface area (Å²) in [6, 6.07) is 10.5. The van der Waals surface area contributed by atoms with Crippen molar-refractivity contribution >= 4 is 65.5 Å². The van der Waals surface area contributed by atoms with E-state index in [0.717, 1.165) is 56.0 Å². The van der Waals surface area contributed by atoms with Crippen molar-refractivity contribution in [1.29, 1.82) is 0 Å². The van der Waals surface area contributed by atoms with E-state index in [2.05, 4.69) is 47.4 Å². The monoisotopic (exact) mass is 614 g/mol. The maximum Gasteiger partial charge on any atom is 0.271 e. The van der Waals surface area contributed by atoms with Gasteiger partial charge in [0.05, 0.1) is 33.3 Å². The number of halogens is 2. The molecule has 1 amide bonds. The molecule has 0 aliphatic heterocycles. The Bertz CT molecular complexity index is 1500. The van der Waals surface area contributed by atoms with Gasteiger partial charge in [-0.15, -0.1) is 11.3 Å². The highest BCUT2D eigenvalue weighted by molar-refractivity contribution is 9.11. The zero-order valence-electron chi connectivity index (χ0n) is 18.7. The number of thiophene rings is 1. The third kappa shape index (κ3) is 4.70. The number of amides is 1. The zero-order valence-corrected chi connectivity index (χ0v) is 22.7. The first-order chi connectivity index (χ1) is 17.0.